The summed E-state index contributed by atoms with van der Waals surface area (Å²) >= 11 is 0. The fourth-order valence-corrected chi connectivity index (χ4v) is 5.19. The van der Waals surface area contributed by atoms with Gasteiger partial charge in [0.2, 0.25) is 5.95 Å². The Bertz CT molecular complexity index is 1120. The SMILES string of the molecule is CNc1nc(N)nc2c1ncn2[C@@H]1O[C@H](COC(=O)CC2CCCCC2)C(OC(=O)CC(C)C)[C@@]1(C)F. The van der Waals surface area contributed by atoms with Crippen molar-refractivity contribution in [1.29, 1.82) is 0 Å². The molecule has 0 amide bonds. The van der Waals surface area contributed by atoms with E-state index >= 15 is 4.39 Å². The van der Waals surface area contributed by atoms with Crippen molar-refractivity contribution >= 4 is 34.9 Å². The van der Waals surface area contributed by atoms with Gasteiger partial charge in [0.25, 0.3) is 0 Å². The molecule has 1 saturated carbocycles. The first kappa shape index (κ1) is 27.0. The number of rotatable bonds is 9. The van der Waals surface area contributed by atoms with Crippen LogP contribution in [0.1, 0.15) is 71.9 Å². The summed E-state index contributed by atoms with van der Waals surface area (Å²) < 4.78 is 35.1. The number of esters is 2. The van der Waals surface area contributed by atoms with Gasteiger partial charge in [-0.1, -0.05) is 33.1 Å². The van der Waals surface area contributed by atoms with Gasteiger partial charge in [0.1, 0.15) is 12.7 Å². The molecule has 2 aromatic heterocycles. The fraction of sp³-hybridized carbons (Fsp3) is 0.720. The molecule has 3 N–H and O–H groups in total. The highest BCUT2D eigenvalue weighted by atomic mass is 19.1. The third-order valence-electron chi connectivity index (χ3n) is 7.03. The number of anilines is 2. The smallest absolute Gasteiger partial charge is 0.306 e. The minimum Gasteiger partial charge on any atom is -0.463 e. The van der Waals surface area contributed by atoms with Crippen molar-refractivity contribution in [2.75, 3.05) is 24.7 Å². The van der Waals surface area contributed by atoms with Gasteiger partial charge in [0.05, 0.1) is 6.33 Å². The fourth-order valence-electron chi connectivity index (χ4n) is 5.19. The van der Waals surface area contributed by atoms with Crippen LogP contribution in [0.3, 0.4) is 0 Å². The predicted molar refractivity (Wildman–Crippen MR) is 134 cm³/mol. The van der Waals surface area contributed by atoms with Crippen molar-refractivity contribution in [3.63, 3.8) is 0 Å². The number of imidazole rings is 1. The standard InChI is InChI=1S/C25H37FN6O5/c1-14(2)10-18(34)37-20-16(12-35-17(33)11-15-8-6-5-7-9-15)36-23(25(20,3)26)32-13-29-19-21(28-4)30-24(27)31-22(19)32/h13-16,20,23H,5-12H2,1-4H3,(H3,27,28,30,31)/t16-,20?,23-,25-/m1/s1. The summed E-state index contributed by atoms with van der Waals surface area (Å²) in [5.74, 6) is -0.225. The Kier molecular flexibility index (Phi) is 8.15. The van der Waals surface area contributed by atoms with E-state index in [4.69, 9.17) is 19.9 Å². The topological polar surface area (TPSA) is 143 Å². The number of alkyl halides is 1. The second-order valence-corrected chi connectivity index (χ2v) is 10.6. The first-order valence-corrected chi connectivity index (χ1v) is 13.0. The molecule has 4 rings (SSSR count). The average molecular weight is 521 g/mol. The lowest BCUT2D eigenvalue weighted by molar-refractivity contribution is -0.162. The van der Waals surface area contributed by atoms with Crippen molar-refractivity contribution in [2.45, 2.75) is 89.8 Å². The molecule has 37 heavy (non-hydrogen) atoms. The van der Waals surface area contributed by atoms with Crippen LogP contribution in [0.5, 0.6) is 0 Å². The number of carbonyl (C=O) groups excluding carboxylic acids is 2. The second-order valence-electron chi connectivity index (χ2n) is 10.6. The van der Waals surface area contributed by atoms with Gasteiger partial charge in [0.15, 0.2) is 35.0 Å². The average Bonchev–Trinajstić information content (AvgIpc) is 3.35. The highest BCUT2D eigenvalue weighted by Gasteiger charge is 2.58. The van der Waals surface area contributed by atoms with Crippen molar-refractivity contribution in [3.8, 4) is 0 Å². The Morgan fingerprint density at radius 1 is 1.27 bits per heavy atom. The largest absolute Gasteiger partial charge is 0.463 e. The van der Waals surface area contributed by atoms with Gasteiger partial charge in [-0.25, -0.2) is 9.37 Å². The van der Waals surface area contributed by atoms with Gasteiger partial charge >= 0.3 is 11.9 Å². The lowest BCUT2D eigenvalue weighted by Crippen LogP contribution is -2.44. The Labute approximate surface area is 215 Å². The number of aromatic nitrogens is 4. The summed E-state index contributed by atoms with van der Waals surface area (Å²) in [6.45, 7) is 4.79. The Morgan fingerprint density at radius 3 is 2.68 bits per heavy atom. The maximum Gasteiger partial charge on any atom is 0.306 e. The highest BCUT2D eigenvalue weighted by molar-refractivity contribution is 5.84. The van der Waals surface area contributed by atoms with Crippen LogP contribution in [0, 0.1) is 11.8 Å². The van der Waals surface area contributed by atoms with E-state index in [0.717, 1.165) is 25.7 Å². The molecule has 0 spiro atoms. The number of fused-ring (bicyclic) bond motifs is 1. The zero-order valence-corrected chi connectivity index (χ0v) is 21.9. The van der Waals surface area contributed by atoms with E-state index in [1.54, 1.807) is 7.05 Å². The van der Waals surface area contributed by atoms with Gasteiger partial charge in [-0.05, 0) is 31.6 Å². The van der Waals surface area contributed by atoms with Crippen LogP contribution in [-0.4, -0.2) is 63.0 Å². The molecular weight excluding hydrogens is 483 g/mol. The Balaban J connectivity index is 1.57. The van der Waals surface area contributed by atoms with E-state index in [1.165, 1.54) is 24.2 Å². The van der Waals surface area contributed by atoms with Crippen LogP contribution in [-0.2, 0) is 23.8 Å². The van der Waals surface area contributed by atoms with E-state index in [1.807, 2.05) is 13.8 Å². The summed E-state index contributed by atoms with van der Waals surface area (Å²) in [5.41, 5.74) is 4.30. The molecule has 3 heterocycles. The van der Waals surface area contributed by atoms with Crippen LogP contribution in [0.4, 0.5) is 16.2 Å². The summed E-state index contributed by atoms with van der Waals surface area (Å²) in [4.78, 5) is 37.8. The molecule has 4 atom stereocenters. The van der Waals surface area contributed by atoms with Crippen LogP contribution < -0.4 is 11.1 Å². The van der Waals surface area contributed by atoms with Crippen LogP contribution in [0.2, 0.25) is 0 Å². The number of nitrogens with zero attached hydrogens (tertiary/aromatic N) is 4. The zero-order valence-electron chi connectivity index (χ0n) is 21.9. The number of nitrogen functional groups attached to an aromatic ring is 1. The van der Waals surface area contributed by atoms with E-state index in [-0.39, 0.29) is 36.5 Å². The molecule has 204 valence electrons. The minimum absolute atomic E-state index is 0.0229. The van der Waals surface area contributed by atoms with E-state index in [2.05, 4.69) is 20.3 Å². The lowest BCUT2D eigenvalue weighted by Gasteiger charge is -2.28. The van der Waals surface area contributed by atoms with E-state index in [0.29, 0.717) is 23.7 Å². The summed E-state index contributed by atoms with van der Waals surface area (Å²) in [7, 11) is 1.66. The Morgan fingerprint density at radius 2 is 2.00 bits per heavy atom. The van der Waals surface area contributed by atoms with Crippen LogP contribution in [0.25, 0.3) is 11.2 Å². The monoisotopic (exact) mass is 520 g/mol. The van der Waals surface area contributed by atoms with Gasteiger partial charge in [-0.2, -0.15) is 9.97 Å². The maximum atomic E-state index is 16.5. The molecule has 12 heteroatoms. The zero-order chi connectivity index (χ0) is 26.7. The summed E-state index contributed by atoms with van der Waals surface area (Å²) in [6.07, 6.45) is 3.64. The molecule has 11 nitrogen and oxygen atoms in total. The first-order valence-electron chi connectivity index (χ1n) is 13.0. The van der Waals surface area contributed by atoms with Gasteiger partial charge in [-0.3, -0.25) is 14.2 Å². The highest BCUT2D eigenvalue weighted by Crippen LogP contribution is 2.44. The van der Waals surface area contributed by atoms with Crippen LogP contribution in [0.15, 0.2) is 6.33 Å². The molecule has 2 aliphatic rings. The number of hydrogen-bond acceptors (Lipinski definition) is 10. The molecule has 1 unspecified atom stereocenters. The van der Waals surface area contributed by atoms with E-state index in [9.17, 15) is 9.59 Å². The third kappa shape index (κ3) is 5.94. The molecule has 1 aliphatic carbocycles. The number of hydrogen-bond donors (Lipinski definition) is 2. The number of carbonyl (C=O) groups is 2. The third-order valence-corrected chi connectivity index (χ3v) is 7.03. The number of nitrogens with one attached hydrogen (secondary N) is 1. The predicted octanol–water partition coefficient (Wildman–Crippen LogP) is 3.55. The Hall–Kier alpha value is -3.02. The molecule has 0 radical (unpaired) electrons. The molecule has 1 saturated heterocycles. The molecule has 0 aromatic carbocycles. The maximum absolute atomic E-state index is 16.5. The van der Waals surface area contributed by atoms with Gasteiger partial charge < -0.3 is 25.3 Å². The molecular formula is C25H37FN6O5. The van der Waals surface area contributed by atoms with Crippen molar-refractivity contribution in [1.82, 2.24) is 19.5 Å². The van der Waals surface area contributed by atoms with Crippen molar-refractivity contribution in [3.05, 3.63) is 6.33 Å². The van der Waals surface area contributed by atoms with Gasteiger partial charge in [-0.15, -0.1) is 0 Å². The second kappa shape index (κ2) is 11.2. The normalized spacial score (nSPS) is 26.5. The molecule has 1 aliphatic heterocycles. The van der Waals surface area contributed by atoms with Gasteiger partial charge in [0, 0.05) is 19.9 Å². The van der Waals surface area contributed by atoms with Crippen molar-refractivity contribution < 1.29 is 28.2 Å². The summed E-state index contributed by atoms with van der Waals surface area (Å²) in [6, 6.07) is 0. The quantitative estimate of drug-likeness (QED) is 0.471. The lowest BCUT2D eigenvalue weighted by atomic mass is 9.87. The van der Waals surface area contributed by atoms with Crippen molar-refractivity contribution in [2.24, 2.45) is 11.8 Å². The minimum atomic E-state index is -2.19. The van der Waals surface area contributed by atoms with E-state index < -0.39 is 30.1 Å². The number of halogens is 1. The molecule has 0 bridgehead atoms. The molecule has 2 aromatic rings. The van der Waals surface area contributed by atoms with Crippen LogP contribution >= 0.6 is 0 Å². The molecule has 2 fully saturated rings. The number of nitrogens with two attached hydrogens (primary N) is 1. The first-order chi connectivity index (χ1) is 17.6. The number of ether oxygens (including phenoxy) is 3. The summed E-state index contributed by atoms with van der Waals surface area (Å²) in [5, 5.41) is 2.90.